The van der Waals surface area contributed by atoms with E-state index in [0.29, 0.717) is 0 Å². The first-order valence-electron chi connectivity index (χ1n) is 16.9. The first kappa shape index (κ1) is 26.6. The molecular weight excluding hydrogens is 593 g/mol. The highest BCUT2D eigenvalue weighted by Crippen LogP contribution is 2.50. The molecule has 1 aromatic heterocycles. The van der Waals surface area contributed by atoms with Crippen molar-refractivity contribution in [3.05, 3.63) is 170 Å². The predicted molar refractivity (Wildman–Crippen MR) is 210 cm³/mol. The Hall–Kier alpha value is -6.44. The summed E-state index contributed by atoms with van der Waals surface area (Å²) in [6.07, 6.45) is 0. The lowest BCUT2D eigenvalue weighted by molar-refractivity contribution is 0.669. The van der Waals surface area contributed by atoms with Crippen molar-refractivity contribution < 1.29 is 4.42 Å². The van der Waals surface area contributed by atoms with Crippen LogP contribution >= 0.6 is 0 Å². The summed E-state index contributed by atoms with van der Waals surface area (Å²) in [5, 5.41) is 17.4. The summed E-state index contributed by atoms with van der Waals surface area (Å²) < 4.78 is 6.28. The molecule has 0 aliphatic carbocycles. The molecule has 0 spiro atoms. The third kappa shape index (κ3) is 3.76. The number of rotatable bonds is 2. The molecule has 0 saturated carbocycles. The second-order valence-corrected chi connectivity index (χ2v) is 13.2. The maximum absolute atomic E-state index is 6.28. The van der Waals surface area contributed by atoms with E-state index in [0.717, 1.165) is 21.9 Å². The van der Waals surface area contributed by atoms with Crippen molar-refractivity contribution in [2.75, 3.05) is 0 Å². The Labute approximate surface area is 282 Å². The Bertz CT molecular complexity index is 3160. The van der Waals surface area contributed by atoms with Gasteiger partial charge in [0.05, 0.1) is 0 Å². The Morgan fingerprint density at radius 3 is 1.59 bits per heavy atom. The minimum absolute atomic E-state index is 0.912. The third-order valence-electron chi connectivity index (χ3n) is 10.6. The van der Waals surface area contributed by atoms with E-state index in [1.165, 1.54) is 86.9 Å². The van der Waals surface area contributed by atoms with Crippen molar-refractivity contribution in [1.82, 2.24) is 0 Å². The zero-order valence-corrected chi connectivity index (χ0v) is 26.6. The first-order chi connectivity index (χ1) is 24.3. The number of hydrogen-bond acceptors (Lipinski definition) is 1. The van der Waals surface area contributed by atoms with E-state index >= 15 is 0 Å². The quantitative estimate of drug-likeness (QED) is 0.138. The average Bonchev–Trinajstić information content (AvgIpc) is 3.54. The van der Waals surface area contributed by atoms with Gasteiger partial charge in [-0.25, -0.2) is 0 Å². The van der Waals surface area contributed by atoms with Gasteiger partial charge in [0.15, 0.2) is 0 Å². The molecule has 1 heterocycles. The summed E-state index contributed by atoms with van der Waals surface area (Å²) >= 11 is 0. The molecule has 0 atom stereocenters. The minimum atomic E-state index is 0.912. The van der Waals surface area contributed by atoms with Crippen molar-refractivity contribution in [2.45, 2.75) is 0 Å². The lowest BCUT2D eigenvalue weighted by Gasteiger charge is -2.22. The zero-order valence-electron chi connectivity index (χ0n) is 26.6. The Balaban J connectivity index is 1.37. The van der Waals surface area contributed by atoms with Gasteiger partial charge in [0, 0.05) is 10.8 Å². The standard InChI is InChI=1S/C48H28O/c1-4-14-33-29(11-1)21-24-39-41(33)27-31-13-3-6-16-35(31)46(39)48-38-19-8-7-18-37(38)45(47-34-15-5-2-12-30(34)22-25-40(47)48)32-23-26-44-42(28-32)36-17-9-10-20-43(36)49-44/h1-28H. The van der Waals surface area contributed by atoms with Gasteiger partial charge in [-0.15, -0.1) is 0 Å². The van der Waals surface area contributed by atoms with Crippen LogP contribution in [0, 0.1) is 0 Å². The van der Waals surface area contributed by atoms with Crippen LogP contribution in [0.4, 0.5) is 0 Å². The second-order valence-electron chi connectivity index (χ2n) is 13.2. The first-order valence-corrected chi connectivity index (χ1v) is 16.9. The van der Waals surface area contributed by atoms with E-state index in [2.05, 4.69) is 164 Å². The van der Waals surface area contributed by atoms with Gasteiger partial charge in [-0.1, -0.05) is 146 Å². The largest absolute Gasteiger partial charge is 0.456 e. The SMILES string of the molecule is c1ccc2c(-c3c4ccccc4c(-c4ccc5oc6ccccc6c5c4)c4c3ccc3ccccc34)c3ccc4ccccc4c3cc2c1. The summed E-state index contributed by atoms with van der Waals surface area (Å²) in [7, 11) is 0. The van der Waals surface area contributed by atoms with Crippen LogP contribution in [-0.4, -0.2) is 0 Å². The van der Waals surface area contributed by atoms with E-state index in [-0.39, 0.29) is 0 Å². The van der Waals surface area contributed by atoms with E-state index < -0.39 is 0 Å². The fourth-order valence-electron chi connectivity index (χ4n) is 8.49. The monoisotopic (exact) mass is 620 g/mol. The van der Waals surface area contributed by atoms with Crippen molar-refractivity contribution in [3.8, 4) is 22.3 Å². The van der Waals surface area contributed by atoms with Crippen molar-refractivity contribution in [1.29, 1.82) is 0 Å². The highest BCUT2D eigenvalue weighted by molar-refractivity contribution is 6.32. The van der Waals surface area contributed by atoms with Gasteiger partial charge in [0.25, 0.3) is 0 Å². The molecule has 49 heavy (non-hydrogen) atoms. The molecule has 0 fully saturated rings. The van der Waals surface area contributed by atoms with E-state index in [1.54, 1.807) is 0 Å². The summed E-state index contributed by atoms with van der Waals surface area (Å²) in [4.78, 5) is 0. The molecule has 0 amide bonds. The van der Waals surface area contributed by atoms with Gasteiger partial charge < -0.3 is 4.42 Å². The summed E-state index contributed by atoms with van der Waals surface area (Å²) in [6, 6.07) is 62.3. The van der Waals surface area contributed by atoms with E-state index in [9.17, 15) is 0 Å². The van der Waals surface area contributed by atoms with Crippen molar-refractivity contribution in [3.63, 3.8) is 0 Å². The lowest BCUT2D eigenvalue weighted by Crippen LogP contribution is -1.94. The number of furan rings is 1. The molecular formula is C48H28O. The Morgan fingerprint density at radius 2 is 0.796 bits per heavy atom. The van der Waals surface area contributed by atoms with Gasteiger partial charge in [-0.3, -0.25) is 0 Å². The molecule has 0 unspecified atom stereocenters. The van der Waals surface area contributed by atoms with Crippen LogP contribution in [0.2, 0.25) is 0 Å². The summed E-state index contributed by atoms with van der Waals surface area (Å²) in [5.41, 5.74) is 6.85. The normalized spacial score (nSPS) is 12.1. The zero-order chi connectivity index (χ0) is 32.1. The highest BCUT2D eigenvalue weighted by Gasteiger charge is 2.22. The third-order valence-corrected chi connectivity index (χ3v) is 10.6. The van der Waals surface area contributed by atoms with Crippen LogP contribution in [0.5, 0.6) is 0 Å². The molecule has 10 aromatic carbocycles. The molecule has 11 rings (SSSR count). The van der Waals surface area contributed by atoms with Crippen LogP contribution in [0.15, 0.2) is 174 Å². The van der Waals surface area contributed by atoms with Crippen LogP contribution in [0.25, 0.3) is 109 Å². The molecule has 0 saturated heterocycles. The average molecular weight is 621 g/mol. The smallest absolute Gasteiger partial charge is 0.135 e. The fourth-order valence-corrected chi connectivity index (χ4v) is 8.49. The van der Waals surface area contributed by atoms with Gasteiger partial charge in [0.1, 0.15) is 11.2 Å². The molecule has 226 valence electrons. The van der Waals surface area contributed by atoms with E-state index in [1.807, 2.05) is 6.07 Å². The number of hydrogen-bond donors (Lipinski definition) is 0. The highest BCUT2D eigenvalue weighted by atomic mass is 16.3. The Kier molecular flexibility index (Phi) is 5.45. The second kappa shape index (κ2) is 10.0. The fraction of sp³-hybridized carbons (Fsp3) is 0. The molecule has 0 bridgehead atoms. The van der Waals surface area contributed by atoms with Crippen LogP contribution in [0.1, 0.15) is 0 Å². The molecule has 0 radical (unpaired) electrons. The van der Waals surface area contributed by atoms with Gasteiger partial charge in [-0.2, -0.15) is 0 Å². The van der Waals surface area contributed by atoms with Crippen LogP contribution in [-0.2, 0) is 0 Å². The van der Waals surface area contributed by atoms with E-state index in [4.69, 9.17) is 4.42 Å². The van der Waals surface area contributed by atoms with Crippen molar-refractivity contribution in [2.24, 2.45) is 0 Å². The predicted octanol–water partition coefficient (Wildman–Crippen LogP) is 13.8. The number of benzene rings is 10. The van der Waals surface area contributed by atoms with Crippen LogP contribution < -0.4 is 0 Å². The van der Waals surface area contributed by atoms with Crippen molar-refractivity contribution >= 4 is 86.6 Å². The van der Waals surface area contributed by atoms with Crippen LogP contribution in [0.3, 0.4) is 0 Å². The number of para-hydroxylation sites is 1. The molecule has 1 nitrogen and oxygen atoms in total. The minimum Gasteiger partial charge on any atom is -0.456 e. The van der Waals surface area contributed by atoms with Gasteiger partial charge in [0.2, 0.25) is 0 Å². The Morgan fingerprint density at radius 1 is 0.265 bits per heavy atom. The molecule has 0 aliphatic heterocycles. The molecule has 0 N–H and O–H groups in total. The molecule has 11 aromatic rings. The maximum Gasteiger partial charge on any atom is 0.135 e. The van der Waals surface area contributed by atoms with Gasteiger partial charge >= 0.3 is 0 Å². The summed E-state index contributed by atoms with van der Waals surface area (Å²) in [6.45, 7) is 0. The summed E-state index contributed by atoms with van der Waals surface area (Å²) in [5.74, 6) is 0. The topological polar surface area (TPSA) is 13.1 Å². The maximum atomic E-state index is 6.28. The lowest BCUT2D eigenvalue weighted by atomic mass is 9.81. The van der Waals surface area contributed by atoms with Gasteiger partial charge in [-0.05, 0) is 111 Å². The molecule has 1 heteroatoms. The number of fused-ring (bicyclic) bond motifs is 11. The molecule has 0 aliphatic rings.